The number of nitrogens with zero attached hydrogens (tertiary/aromatic N) is 1. The standard InChI is InChI=1S/C22H24N2O3S/c1-6-27-21(26)19-14(2)17(13-23)20(28-19)24-18(25)12-9-15-7-10-16(11-8-15)22(3,4)5/h7-12H,6H2,1-5H3,(H,24,25). The lowest BCUT2D eigenvalue weighted by atomic mass is 9.87. The van der Waals surface area contributed by atoms with Gasteiger partial charge in [-0.25, -0.2) is 4.79 Å². The minimum absolute atomic E-state index is 0.0704. The second-order valence-electron chi connectivity index (χ2n) is 7.29. The average molecular weight is 397 g/mol. The third-order valence-corrected chi connectivity index (χ3v) is 5.35. The molecule has 0 unspecified atom stereocenters. The molecule has 2 aromatic rings. The van der Waals surface area contributed by atoms with Crippen molar-refractivity contribution >= 4 is 34.3 Å². The Kier molecular flexibility index (Phi) is 6.76. The molecule has 146 valence electrons. The van der Waals surface area contributed by atoms with Crippen LogP contribution in [-0.2, 0) is 14.9 Å². The first-order valence-electron chi connectivity index (χ1n) is 8.97. The smallest absolute Gasteiger partial charge is 0.348 e. The van der Waals surface area contributed by atoms with Gasteiger partial charge in [-0.05, 0) is 42.0 Å². The van der Waals surface area contributed by atoms with Gasteiger partial charge in [-0.2, -0.15) is 5.26 Å². The summed E-state index contributed by atoms with van der Waals surface area (Å²) >= 11 is 1.05. The number of carbonyl (C=O) groups is 2. The molecule has 0 saturated carbocycles. The molecular weight excluding hydrogens is 372 g/mol. The molecule has 1 heterocycles. The zero-order valence-corrected chi connectivity index (χ0v) is 17.6. The molecule has 0 spiro atoms. The summed E-state index contributed by atoms with van der Waals surface area (Å²) in [6.45, 7) is 10.1. The largest absolute Gasteiger partial charge is 0.462 e. The fourth-order valence-electron chi connectivity index (χ4n) is 2.55. The SMILES string of the molecule is CCOC(=O)c1sc(NC(=O)C=Cc2ccc(C(C)(C)C)cc2)c(C#N)c1C. The van der Waals surface area contributed by atoms with Crippen LogP contribution in [0.25, 0.3) is 6.08 Å². The fourth-order valence-corrected chi connectivity index (χ4v) is 3.60. The predicted octanol–water partition coefficient (Wildman–Crippen LogP) is 5.05. The number of benzene rings is 1. The van der Waals surface area contributed by atoms with Crippen LogP contribution in [0.5, 0.6) is 0 Å². The third kappa shape index (κ3) is 5.08. The van der Waals surface area contributed by atoms with Crippen LogP contribution < -0.4 is 5.32 Å². The monoisotopic (exact) mass is 396 g/mol. The Hall–Kier alpha value is -2.91. The van der Waals surface area contributed by atoms with Crippen LogP contribution in [0.15, 0.2) is 30.3 Å². The highest BCUT2D eigenvalue weighted by atomic mass is 32.1. The summed E-state index contributed by atoms with van der Waals surface area (Å²) in [5, 5.41) is 12.4. The number of nitrogens with one attached hydrogen (secondary N) is 1. The van der Waals surface area contributed by atoms with Gasteiger partial charge in [0, 0.05) is 6.08 Å². The van der Waals surface area contributed by atoms with Crippen LogP contribution in [0.1, 0.15) is 59.6 Å². The minimum Gasteiger partial charge on any atom is -0.462 e. The van der Waals surface area contributed by atoms with Crippen LogP contribution in [0, 0.1) is 18.3 Å². The number of thiophene rings is 1. The predicted molar refractivity (Wildman–Crippen MR) is 113 cm³/mol. The molecule has 28 heavy (non-hydrogen) atoms. The molecular formula is C22H24N2O3S. The highest BCUT2D eigenvalue weighted by Crippen LogP contribution is 2.33. The molecule has 1 aromatic heterocycles. The zero-order chi connectivity index (χ0) is 20.9. The van der Waals surface area contributed by atoms with E-state index in [9.17, 15) is 14.9 Å². The van der Waals surface area contributed by atoms with E-state index in [1.165, 1.54) is 11.6 Å². The molecule has 0 radical (unpaired) electrons. The molecule has 6 heteroatoms. The van der Waals surface area contributed by atoms with E-state index in [2.05, 4.69) is 26.1 Å². The van der Waals surface area contributed by atoms with Crippen molar-refractivity contribution in [3.63, 3.8) is 0 Å². The van der Waals surface area contributed by atoms with Crippen molar-refractivity contribution in [1.29, 1.82) is 5.26 Å². The highest BCUT2D eigenvalue weighted by Gasteiger charge is 2.21. The summed E-state index contributed by atoms with van der Waals surface area (Å²) in [5.41, 5.74) is 2.99. The Bertz CT molecular complexity index is 942. The summed E-state index contributed by atoms with van der Waals surface area (Å²) in [6, 6.07) is 10.0. The van der Waals surface area contributed by atoms with Gasteiger partial charge in [0.25, 0.3) is 0 Å². The first-order chi connectivity index (χ1) is 13.2. The first kappa shape index (κ1) is 21.4. The second-order valence-corrected chi connectivity index (χ2v) is 8.31. The highest BCUT2D eigenvalue weighted by molar-refractivity contribution is 7.18. The molecule has 0 fully saturated rings. The van der Waals surface area contributed by atoms with Gasteiger partial charge in [0.2, 0.25) is 5.91 Å². The Balaban J connectivity index is 2.15. The van der Waals surface area contributed by atoms with E-state index in [0.29, 0.717) is 15.4 Å². The van der Waals surface area contributed by atoms with Gasteiger partial charge in [0.05, 0.1) is 12.2 Å². The van der Waals surface area contributed by atoms with Crippen molar-refractivity contribution in [2.75, 3.05) is 11.9 Å². The Morgan fingerprint density at radius 3 is 2.43 bits per heavy atom. The molecule has 5 nitrogen and oxygen atoms in total. The number of hydrogen-bond acceptors (Lipinski definition) is 5. The maximum absolute atomic E-state index is 12.3. The molecule has 0 aliphatic rings. The molecule has 1 amide bonds. The second kappa shape index (κ2) is 8.85. The van der Waals surface area contributed by atoms with Crippen molar-refractivity contribution in [3.05, 3.63) is 57.5 Å². The normalized spacial score (nSPS) is 11.3. The van der Waals surface area contributed by atoms with Crippen molar-refractivity contribution in [1.82, 2.24) is 0 Å². The molecule has 2 rings (SSSR count). The van der Waals surface area contributed by atoms with Crippen LogP contribution in [0.2, 0.25) is 0 Å². The number of hydrogen-bond donors (Lipinski definition) is 1. The lowest BCUT2D eigenvalue weighted by Crippen LogP contribution is -2.10. The Labute approximate surface area is 169 Å². The minimum atomic E-state index is -0.489. The maximum Gasteiger partial charge on any atom is 0.348 e. The number of amides is 1. The number of anilines is 1. The topological polar surface area (TPSA) is 79.2 Å². The van der Waals surface area contributed by atoms with E-state index in [1.807, 2.05) is 30.3 Å². The van der Waals surface area contributed by atoms with E-state index in [0.717, 1.165) is 16.9 Å². The van der Waals surface area contributed by atoms with Gasteiger partial charge in [0.15, 0.2) is 0 Å². The molecule has 0 saturated heterocycles. The van der Waals surface area contributed by atoms with Crippen LogP contribution >= 0.6 is 11.3 Å². The van der Waals surface area contributed by atoms with Crippen molar-refractivity contribution < 1.29 is 14.3 Å². The number of nitriles is 1. The van der Waals surface area contributed by atoms with Crippen molar-refractivity contribution in [2.24, 2.45) is 0 Å². The summed E-state index contributed by atoms with van der Waals surface area (Å²) in [4.78, 5) is 24.6. The van der Waals surface area contributed by atoms with Gasteiger partial charge in [-0.1, -0.05) is 45.0 Å². The number of ether oxygens (including phenoxy) is 1. The van der Waals surface area contributed by atoms with E-state index in [1.54, 1.807) is 19.9 Å². The molecule has 0 atom stereocenters. The van der Waals surface area contributed by atoms with Crippen LogP contribution in [-0.4, -0.2) is 18.5 Å². The van der Waals surface area contributed by atoms with Gasteiger partial charge in [0.1, 0.15) is 15.9 Å². The molecule has 0 aliphatic carbocycles. The van der Waals surface area contributed by atoms with Gasteiger partial charge in [-0.15, -0.1) is 11.3 Å². The number of carbonyl (C=O) groups excluding carboxylic acids is 2. The molecule has 0 bridgehead atoms. The molecule has 0 aliphatic heterocycles. The van der Waals surface area contributed by atoms with Crippen molar-refractivity contribution in [2.45, 2.75) is 40.0 Å². The summed E-state index contributed by atoms with van der Waals surface area (Å²) in [5.74, 6) is -0.857. The quantitative estimate of drug-likeness (QED) is 0.566. The van der Waals surface area contributed by atoms with Gasteiger partial charge >= 0.3 is 5.97 Å². The summed E-state index contributed by atoms with van der Waals surface area (Å²) < 4.78 is 5.00. The van der Waals surface area contributed by atoms with E-state index >= 15 is 0 Å². The lowest BCUT2D eigenvalue weighted by Gasteiger charge is -2.18. The Morgan fingerprint density at radius 2 is 1.89 bits per heavy atom. The number of rotatable bonds is 5. The third-order valence-electron chi connectivity index (χ3n) is 4.16. The van der Waals surface area contributed by atoms with Gasteiger partial charge in [-0.3, -0.25) is 4.79 Å². The summed E-state index contributed by atoms with van der Waals surface area (Å²) in [6.07, 6.45) is 3.12. The van der Waals surface area contributed by atoms with Crippen LogP contribution in [0.4, 0.5) is 5.00 Å². The Morgan fingerprint density at radius 1 is 1.25 bits per heavy atom. The molecule has 1 aromatic carbocycles. The maximum atomic E-state index is 12.3. The van der Waals surface area contributed by atoms with E-state index in [-0.39, 0.29) is 23.5 Å². The van der Waals surface area contributed by atoms with Gasteiger partial charge < -0.3 is 10.1 Å². The molecule has 1 N–H and O–H groups in total. The van der Waals surface area contributed by atoms with E-state index in [4.69, 9.17) is 4.74 Å². The number of esters is 1. The average Bonchev–Trinajstić information content (AvgIpc) is 2.95. The van der Waals surface area contributed by atoms with Crippen molar-refractivity contribution in [3.8, 4) is 6.07 Å². The lowest BCUT2D eigenvalue weighted by molar-refractivity contribution is -0.111. The fraction of sp³-hybridized carbons (Fsp3) is 0.318. The zero-order valence-electron chi connectivity index (χ0n) is 16.8. The van der Waals surface area contributed by atoms with Crippen LogP contribution in [0.3, 0.4) is 0 Å². The summed E-state index contributed by atoms with van der Waals surface area (Å²) in [7, 11) is 0. The first-order valence-corrected chi connectivity index (χ1v) is 9.79. The van der Waals surface area contributed by atoms with E-state index < -0.39 is 5.97 Å².